The molecule has 5 rings (SSSR count). The van der Waals surface area contributed by atoms with Crippen LogP contribution in [0.25, 0.3) is 0 Å². The highest BCUT2D eigenvalue weighted by atomic mass is 19.1. The van der Waals surface area contributed by atoms with E-state index in [0.717, 1.165) is 24.1 Å². The first-order chi connectivity index (χ1) is 19.2. The van der Waals surface area contributed by atoms with Crippen LogP contribution >= 0.6 is 0 Å². The summed E-state index contributed by atoms with van der Waals surface area (Å²) < 4.78 is 15.2. The maximum atomic E-state index is 13.9. The van der Waals surface area contributed by atoms with Crippen molar-refractivity contribution in [2.75, 3.05) is 23.7 Å². The van der Waals surface area contributed by atoms with Crippen molar-refractivity contribution in [1.82, 2.24) is 25.1 Å². The molecule has 1 fully saturated rings. The number of carbonyl (C=O) groups is 4. The summed E-state index contributed by atoms with van der Waals surface area (Å²) in [6, 6.07) is 13.8. The number of benzene rings is 2. The smallest absolute Gasteiger partial charge is 0.276 e. The number of nitrogens with one attached hydrogen (secondary N) is 3. The minimum Gasteiger partial charge on any atom is -0.340 e. The van der Waals surface area contributed by atoms with Crippen LogP contribution in [-0.4, -0.2) is 56.5 Å². The number of amides is 4. The minimum atomic E-state index is -0.843. The van der Waals surface area contributed by atoms with Crippen LogP contribution in [0, 0.1) is 11.7 Å². The third-order valence-corrected chi connectivity index (χ3v) is 7.08. The van der Waals surface area contributed by atoms with E-state index in [1.54, 1.807) is 25.0 Å². The van der Waals surface area contributed by atoms with E-state index >= 15 is 0 Å². The number of halogens is 1. The molecule has 2 aromatic carbocycles. The lowest BCUT2D eigenvalue weighted by molar-refractivity contribution is -0.148. The van der Waals surface area contributed by atoms with Crippen molar-refractivity contribution >= 4 is 35.1 Å². The van der Waals surface area contributed by atoms with Gasteiger partial charge >= 0.3 is 0 Å². The molecule has 0 radical (unpaired) electrons. The summed E-state index contributed by atoms with van der Waals surface area (Å²) in [7, 11) is 1.54. The Morgan fingerprint density at radius 2 is 1.82 bits per heavy atom. The number of hydrazine groups is 1. The van der Waals surface area contributed by atoms with Gasteiger partial charge in [-0.05, 0) is 29.7 Å². The van der Waals surface area contributed by atoms with Gasteiger partial charge in [-0.25, -0.2) is 9.40 Å². The number of hydrogen-bond acceptors (Lipinski definition) is 6. The number of aryl methyl sites for hydroxylation is 1. The largest absolute Gasteiger partial charge is 0.340 e. The van der Waals surface area contributed by atoms with E-state index in [9.17, 15) is 23.6 Å². The molecule has 2 aliphatic rings. The Morgan fingerprint density at radius 1 is 1.07 bits per heavy atom. The Hall–Kier alpha value is -4.58. The molecule has 0 bridgehead atoms. The van der Waals surface area contributed by atoms with Gasteiger partial charge in [0.25, 0.3) is 11.8 Å². The summed E-state index contributed by atoms with van der Waals surface area (Å²) in [5, 5.41) is 15.8. The van der Waals surface area contributed by atoms with Crippen molar-refractivity contribution in [3.63, 3.8) is 0 Å². The molecular weight excluding hydrogens is 517 g/mol. The fourth-order valence-electron chi connectivity index (χ4n) is 4.95. The van der Waals surface area contributed by atoms with Gasteiger partial charge in [0.2, 0.25) is 11.8 Å². The number of rotatable bonds is 7. The van der Waals surface area contributed by atoms with Crippen molar-refractivity contribution in [3.8, 4) is 0 Å². The third kappa shape index (κ3) is 5.57. The molecule has 0 spiro atoms. The minimum absolute atomic E-state index is 0.00999. The summed E-state index contributed by atoms with van der Waals surface area (Å²) >= 11 is 0. The second kappa shape index (κ2) is 11.3. The summed E-state index contributed by atoms with van der Waals surface area (Å²) in [5.74, 6) is -2.81. The SMILES string of the molecule is C[C@H](CC(=O)Nc1cc(C(=O)Nc2ccccc2F)nn1C)C(=O)N[C@@H]1C(=O)N2CCCN2Cc2ccccc21. The highest BCUT2D eigenvalue weighted by Gasteiger charge is 2.38. The standard InChI is InChI=1S/C28H30FN7O4/c1-17(26(38)32-25-19-9-4-3-8-18(19)16-35-12-7-13-36(35)28(25)40)14-24(37)31-23-15-22(33-34(23)2)27(39)30-21-11-6-5-10-20(21)29/h3-6,8-11,15,17,25H,7,12-14,16H2,1-2H3,(H,30,39)(H,31,37)(H,32,38)/t17-,25+/m1/s1. The van der Waals surface area contributed by atoms with Crippen LogP contribution in [-0.2, 0) is 28.0 Å². The first-order valence-electron chi connectivity index (χ1n) is 13.1. The molecule has 0 aliphatic carbocycles. The zero-order valence-electron chi connectivity index (χ0n) is 22.2. The van der Waals surface area contributed by atoms with Crippen LogP contribution in [0.15, 0.2) is 54.6 Å². The summed E-state index contributed by atoms with van der Waals surface area (Å²) in [6.07, 6.45) is 0.706. The van der Waals surface area contributed by atoms with Gasteiger partial charge in [0, 0.05) is 45.1 Å². The highest BCUT2D eigenvalue weighted by molar-refractivity contribution is 6.04. The molecule has 2 aliphatic heterocycles. The van der Waals surface area contributed by atoms with Crippen LogP contribution in [0.5, 0.6) is 0 Å². The molecule has 40 heavy (non-hydrogen) atoms. The first kappa shape index (κ1) is 27.0. The average molecular weight is 548 g/mol. The predicted molar refractivity (Wildman–Crippen MR) is 144 cm³/mol. The molecule has 3 aromatic rings. The highest BCUT2D eigenvalue weighted by Crippen LogP contribution is 2.30. The van der Waals surface area contributed by atoms with Gasteiger partial charge in [0.15, 0.2) is 5.69 Å². The molecule has 2 atom stereocenters. The van der Waals surface area contributed by atoms with Crippen molar-refractivity contribution in [3.05, 3.63) is 77.2 Å². The van der Waals surface area contributed by atoms with Gasteiger partial charge in [-0.1, -0.05) is 43.3 Å². The van der Waals surface area contributed by atoms with E-state index in [2.05, 4.69) is 21.0 Å². The second-order valence-electron chi connectivity index (χ2n) is 9.97. The van der Waals surface area contributed by atoms with Crippen LogP contribution in [0.3, 0.4) is 0 Å². The molecule has 0 unspecified atom stereocenters. The Morgan fingerprint density at radius 3 is 2.62 bits per heavy atom. The van der Waals surface area contributed by atoms with Gasteiger partial charge in [-0.3, -0.25) is 28.9 Å². The summed E-state index contributed by atoms with van der Waals surface area (Å²) in [6.45, 7) is 3.58. The van der Waals surface area contributed by atoms with Crippen molar-refractivity contribution in [2.24, 2.45) is 13.0 Å². The molecule has 0 saturated carbocycles. The van der Waals surface area contributed by atoms with Gasteiger partial charge in [0.05, 0.1) is 5.69 Å². The van der Waals surface area contributed by atoms with Gasteiger partial charge in [-0.2, -0.15) is 5.10 Å². The number of carbonyl (C=O) groups excluding carboxylic acids is 4. The number of anilines is 2. The Bertz CT molecular complexity index is 1470. The molecule has 11 nitrogen and oxygen atoms in total. The van der Waals surface area contributed by atoms with E-state index in [0.29, 0.717) is 13.1 Å². The van der Waals surface area contributed by atoms with Gasteiger partial charge in [0.1, 0.15) is 17.7 Å². The fourth-order valence-corrected chi connectivity index (χ4v) is 4.95. The monoisotopic (exact) mass is 547 g/mol. The molecule has 208 valence electrons. The van der Waals surface area contributed by atoms with Crippen molar-refractivity contribution in [2.45, 2.75) is 32.4 Å². The molecule has 12 heteroatoms. The van der Waals surface area contributed by atoms with Crippen molar-refractivity contribution in [1.29, 1.82) is 0 Å². The molecular formula is C28H30FN7O4. The summed E-state index contributed by atoms with van der Waals surface area (Å²) in [4.78, 5) is 51.8. The first-order valence-corrected chi connectivity index (χ1v) is 13.1. The van der Waals surface area contributed by atoms with Crippen LogP contribution in [0.1, 0.15) is 47.4 Å². The maximum Gasteiger partial charge on any atom is 0.276 e. The van der Waals surface area contributed by atoms with E-state index < -0.39 is 35.5 Å². The zero-order valence-corrected chi connectivity index (χ0v) is 22.2. The Balaban J connectivity index is 1.21. The maximum absolute atomic E-state index is 13.9. The number of hydrogen-bond donors (Lipinski definition) is 3. The number of nitrogens with zero attached hydrogens (tertiary/aromatic N) is 4. The van der Waals surface area contributed by atoms with E-state index in [4.69, 9.17) is 0 Å². The fraction of sp³-hybridized carbons (Fsp3) is 0.321. The lowest BCUT2D eigenvalue weighted by atomic mass is 9.98. The van der Waals surface area contributed by atoms with Gasteiger partial charge in [-0.15, -0.1) is 0 Å². The molecule has 3 heterocycles. The summed E-state index contributed by atoms with van der Waals surface area (Å²) in [5.41, 5.74) is 1.72. The Labute approximate surface area is 230 Å². The quantitative estimate of drug-likeness (QED) is 0.417. The normalized spacial score (nSPS) is 17.4. The lowest BCUT2D eigenvalue weighted by Crippen LogP contribution is -2.46. The molecule has 1 saturated heterocycles. The molecule has 4 amide bonds. The molecule has 1 aromatic heterocycles. The topological polar surface area (TPSA) is 129 Å². The third-order valence-electron chi connectivity index (χ3n) is 7.08. The van der Waals surface area contributed by atoms with Gasteiger partial charge < -0.3 is 16.0 Å². The van der Waals surface area contributed by atoms with E-state index in [1.165, 1.54) is 28.9 Å². The number of para-hydroxylation sites is 1. The average Bonchev–Trinajstić information content (AvgIpc) is 3.52. The second-order valence-corrected chi connectivity index (χ2v) is 9.97. The van der Waals surface area contributed by atoms with Crippen LogP contribution in [0.2, 0.25) is 0 Å². The van der Waals surface area contributed by atoms with Crippen molar-refractivity contribution < 1.29 is 23.6 Å². The number of aromatic nitrogens is 2. The molecule has 3 N–H and O–H groups in total. The van der Waals surface area contributed by atoms with Crippen LogP contribution in [0.4, 0.5) is 15.9 Å². The van der Waals surface area contributed by atoms with E-state index in [-0.39, 0.29) is 29.5 Å². The van der Waals surface area contributed by atoms with Crippen LogP contribution < -0.4 is 16.0 Å². The van der Waals surface area contributed by atoms with E-state index in [1.807, 2.05) is 29.3 Å². The zero-order chi connectivity index (χ0) is 28.4. The Kier molecular flexibility index (Phi) is 7.60. The lowest BCUT2D eigenvalue weighted by Gasteiger charge is -2.28. The number of fused-ring (bicyclic) bond motifs is 2. The predicted octanol–water partition coefficient (Wildman–Crippen LogP) is 2.60.